The molecule has 0 spiro atoms. The van der Waals surface area contributed by atoms with Crippen LogP contribution in [0.25, 0.3) is 11.3 Å². The van der Waals surface area contributed by atoms with E-state index in [0.29, 0.717) is 17.0 Å². The van der Waals surface area contributed by atoms with Crippen molar-refractivity contribution in [3.63, 3.8) is 0 Å². The highest BCUT2D eigenvalue weighted by Gasteiger charge is 2.20. The Morgan fingerprint density at radius 2 is 1.82 bits per heavy atom. The molecular weight excluding hydrogens is 356 g/mol. The molecule has 3 aromatic rings. The Morgan fingerprint density at radius 3 is 2.46 bits per heavy atom. The fourth-order valence-corrected chi connectivity index (χ4v) is 2.89. The Bertz CT molecular complexity index is 1050. The molecule has 7 heteroatoms. The van der Waals surface area contributed by atoms with Crippen molar-refractivity contribution in [3.8, 4) is 17.0 Å². The molecule has 1 heterocycles. The summed E-state index contributed by atoms with van der Waals surface area (Å²) in [5.74, 6) is 0.327. The fraction of sp³-hybridized carbons (Fsp3) is 0.238. The van der Waals surface area contributed by atoms with Crippen LogP contribution in [0.15, 0.2) is 53.5 Å². The average molecular weight is 378 g/mol. The quantitative estimate of drug-likeness (QED) is 0.737. The first-order chi connectivity index (χ1) is 13.4. The van der Waals surface area contributed by atoms with Gasteiger partial charge in [-0.05, 0) is 44.0 Å². The molecule has 1 atom stereocenters. The summed E-state index contributed by atoms with van der Waals surface area (Å²) in [7, 11) is 1.57. The summed E-state index contributed by atoms with van der Waals surface area (Å²) in [6.07, 6.45) is 1.47. The van der Waals surface area contributed by atoms with Crippen LogP contribution in [0.2, 0.25) is 0 Å². The van der Waals surface area contributed by atoms with Crippen molar-refractivity contribution in [1.82, 2.24) is 14.8 Å². The molecule has 0 aliphatic carbocycles. The molecule has 1 aromatic heterocycles. The van der Waals surface area contributed by atoms with E-state index in [2.05, 4.69) is 15.4 Å². The molecule has 1 N–H and O–H groups in total. The summed E-state index contributed by atoms with van der Waals surface area (Å²) in [5.41, 5.74) is 3.18. The van der Waals surface area contributed by atoms with E-state index in [0.717, 1.165) is 21.5 Å². The molecule has 1 amide bonds. The van der Waals surface area contributed by atoms with Crippen molar-refractivity contribution in [2.45, 2.75) is 26.8 Å². The van der Waals surface area contributed by atoms with E-state index >= 15 is 0 Å². The summed E-state index contributed by atoms with van der Waals surface area (Å²) >= 11 is 0. The normalized spacial score (nSPS) is 11.7. The van der Waals surface area contributed by atoms with E-state index < -0.39 is 11.7 Å². The average Bonchev–Trinajstić information content (AvgIpc) is 2.70. The number of hydrogen-bond donors (Lipinski definition) is 1. The van der Waals surface area contributed by atoms with Crippen molar-refractivity contribution in [2.75, 3.05) is 12.4 Å². The smallest absolute Gasteiger partial charge is 0.365 e. The van der Waals surface area contributed by atoms with Crippen molar-refractivity contribution in [1.29, 1.82) is 0 Å². The molecule has 0 bridgehead atoms. The molecule has 0 saturated carbocycles. The van der Waals surface area contributed by atoms with Gasteiger partial charge in [-0.15, -0.1) is 0 Å². The molecular formula is C21H22N4O3. The van der Waals surface area contributed by atoms with E-state index in [1.54, 1.807) is 26.2 Å². The van der Waals surface area contributed by atoms with Gasteiger partial charge < -0.3 is 10.1 Å². The number of carbonyl (C=O) groups excluding carboxylic acids is 1. The number of carbonyl (C=O) groups is 1. The topological polar surface area (TPSA) is 86.1 Å². The second kappa shape index (κ2) is 8.04. The molecule has 3 rings (SSSR count). The number of ether oxygens (including phenoxy) is 1. The third kappa shape index (κ3) is 3.93. The second-order valence-corrected chi connectivity index (χ2v) is 6.53. The number of amides is 1. The number of hydrogen-bond acceptors (Lipinski definition) is 5. The first-order valence-corrected chi connectivity index (χ1v) is 8.88. The summed E-state index contributed by atoms with van der Waals surface area (Å²) in [6, 6.07) is 12.2. The first kappa shape index (κ1) is 19.3. The van der Waals surface area contributed by atoms with Gasteiger partial charge in [0.1, 0.15) is 11.8 Å². The molecule has 0 aliphatic heterocycles. The highest BCUT2D eigenvalue weighted by atomic mass is 16.5. The van der Waals surface area contributed by atoms with Crippen molar-refractivity contribution >= 4 is 11.6 Å². The molecule has 0 fully saturated rings. The van der Waals surface area contributed by atoms with Gasteiger partial charge in [0.25, 0.3) is 0 Å². The maximum absolute atomic E-state index is 12.7. The van der Waals surface area contributed by atoms with Gasteiger partial charge in [0.2, 0.25) is 5.91 Å². The maximum Gasteiger partial charge on any atom is 0.365 e. The minimum Gasteiger partial charge on any atom is -0.497 e. The lowest BCUT2D eigenvalue weighted by Crippen LogP contribution is -2.35. The Morgan fingerprint density at radius 1 is 1.14 bits per heavy atom. The minimum atomic E-state index is -0.807. The summed E-state index contributed by atoms with van der Waals surface area (Å²) in [5, 5.41) is 7.04. The monoisotopic (exact) mass is 378 g/mol. The van der Waals surface area contributed by atoms with Gasteiger partial charge >= 0.3 is 5.69 Å². The second-order valence-electron chi connectivity index (χ2n) is 6.53. The van der Waals surface area contributed by atoms with Crippen LogP contribution >= 0.6 is 0 Å². The predicted octanol–water partition coefficient (Wildman–Crippen LogP) is 3.13. The van der Waals surface area contributed by atoms with Gasteiger partial charge in [-0.1, -0.05) is 30.3 Å². The molecule has 0 unspecified atom stereocenters. The van der Waals surface area contributed by atoms with Gasteiger partial charge in [0, 0.05) is 11.3 Å². The number of nitrogens with zero attached hydrogens (tertiary/aromatic N) is 3. The Kier molecular flexibility index (Phi) is 5.54. The van der Waals surface area contributed by atoms with Gasteiger partial charge in [0.15, 0.2) is 0 Å². The number of benzene rings is 2. The number of rotatable bonds is 5. The van der Waals surface area contributed by atoms with E-state index in [1.165, 1.54) is 6.20 Å². The van der Waals surface area contributed by atoms with Gasteiger partial charge in [-0.25, -0.2) is 9.48 Å². The molecule has 28 heavy (non-hydrogen) atoms. The third-order valence-corrected chi connectivity index (χ3v) is 4.56. The van der Waals surface area contributed by atoms with Crippen LogP contribution < -0.4 is 15.7 Å². The van der Waals surface area contributed by atoms with E-state index in [4.69, 9.17) is 4.74 Å². The highest BCUT2D eigenvalue weighted by Crippen LogP contribution is 2.22. The summed E-state index contributed by atoms with van der Waals surface area (Å²) < 4.78 is 6.27. The third-order valence-electron chi connectivity index (χ3n) is 4.56. The summed E-state index contributed by atoms with van der Waals surface area (Å²) in [6.45, 7) is 5.45. The van der Waals surface area contributed by atoms with Crippen LogP contribution in [0.1, 0.15) is 24.1 Å². The van der Waals surface area contributed by atoms with Crippen molar-refractivity contribution in [2.24, 2.45) is 0 Å². The van der Waals surface area contributed by atoms with Crippen LogP contribution in [0.4, 0.5) is 5.69 Å². The lowest BCUT2D eigenvalue weighted by Gasteiger charge is -2.16. The maximum atomic E-state index is 12.7. The van der Waals surface area contributed by atoms with Crippen LogP contribution in [0, 0.1) is 13.8 Å². The van der Waals surface area contributed by atoms with Crippen molar-refractivity contribution < 1.29 is 9.53 Å². The molecule has 0 saturated heterocycles. The van der Waals surface area contributed by atoms with E-state index in [9.17, 15) is 9.59 Å². The van der Waals surface area contributed by atoms with Gasteiger partial charge in [-0.3, -0.25) is 4.79 Å². The zero-order valence-corrected chi connectivity index (χ0v) is 16.3. The summed E-state index contributed by atoms with van der Waals surface area (Å²) in [4.78, 5) is 29.2. The van der Waals surface area contributed by atoms with E-state index in [1.807, 2.05) is 44.2 Å². The molecule has 0 aliphatic rings. The van der Waals surface area contributed by atoms with Crippen LogP contribution in [-0.2, 0) is 4.79 Å². The van der Waals surface area contributed by atoms with Crippen molar-refractivity contribution in [3.05, 3.63) is 70.3 Å². The van der Waals surface area contributed by atoms with Crippen LogP contribution in [0.3, 0.4) is 0 Å². The van der Waals surface area contributed by atoms with Crippen LogP contribution in [0.5, 0.6) is 5.75 Å². The number of aryl methyl sites for hydroxylation is 2. The molecule has 0 radical (unpaired) electrons. The molecule has 2 aromatic carbocycles. The predicted molar refractivity (Wildman–Crippen MR) is 108 cm³/mol. The minimum absolute atomic E-state index is 0.331. The lowest BCUT2D eigenvalue weighted by atomic mass is 10.1. The number of para-hydroxylation sites is 1. The Hall–Kier alpha value is -3.48. The van der Waals surface area contributed by atoms with Gasteiger partial charge in [0.05, 0.1) is 19.0 Å². The first-order valence-electron chi connectivity index (χ1n) is 8.88. The molecule has 144 valence electrons. The highest BCUT2D eigenvalue weighted by molar-refractivity contribution is 5.94. The number of nitrogens with one attached hydrogen (secondary N) is 1. The van der Waals surface area contributed by atoms with E-state index in [-0.39, 0.29) is 5.91 Å². The standard InChI is InChI=1S/C21H22N4O3/c1-13-7-5-8-14(2)19(13)24-20(26)15(3)25-21(27)23-18(12-22-25)16-9-6-10-17(11-16)28-4/h5-12,15H,1-4H3,(H,24,26)/t15-/m0/s1. The lowest BCUT2D eigenvalue weighted by molar-refractivity contribution is -0.119. The number of methoxy groups -OCH3 is 1. The SMILES string of the molecule is COc1cccc(-c2cnn([C@@H](C)C(=O)Nc3c(C)cccc3C)c(=O)n2)c1. The van der Waals surface area contributed by atoms with Crippen LogP contribution in [-0.4, -0.2) is 27.8 Å². The fourth-order valence-electron chi connectivity index (χ4n) is 2.89. The number of anilines is 1. The Balaban J connectivity index is 1.85. The zero-order chi connectivity index (χ0) is 20.3. The largest absolute Gasteiger partial charge is 0.497 e. The zero-order valence-electron chi connectivity index (χ0n) is 16.3. The van der Waals surface area contributed by atoms with Gasteiger partial charge in [-0.2, -0.15) is 10.1 Å². The Labute approximate surface area is 163 Å². The molecule has 7 nitrogen and oxygen atoms in total. The number of aromatic nitrogens is 3.